The molecule has 1 N–H and O–H groups in total. The highest BCUT2D eigenvalue weighted by Gasteiger charge is 2.39. The Kier molecular flexibility index (Phi) is 6.03. The van der Waals surface area contributed by atoms with E-state index in [1.807, 2.05) is 38.1 Å². The number of hydrogen-bond acceptors (Lipinski definition) is 4. The molecular formula is C28H33N3O4. The molecule has 0 unspecified atom stereocenters. The van der Waals surface area contributed by atoms with E-state index in [4.69, 9.17) is 9.72 Å². The fourth-order valence-electron chi connectivity index (χ4n) is 5.85. The van der Waals surface area contributed by atoms with Gasteiger partial charge in [0.25, 0.3) is 0 Å². The molecule has 2 heterocycles. The van der Waals surface area contributed by atoms with Crippen LogP contribution in [0.3, 0.4) is 0 Å². The third-order valence-corrected chi connectivity index (χ3v) is 8.04. The third kappa shape index (κ3) is 4.07. The van der Waals surface area contributed by atoms with Gasteiger partial charge >= 0.3 is 12.1 Å². The molecule has 7 heteroatoms. The van der Waals surface area contributed by atoms with Crippen molar-refractivity contribution >= 4 is 28.8 Å². The average molecular weight is 476 g/mol. The number of carbonyl (C=O) groups excluding carboxylic acids is 1. The fraction of sp³-hybridized carbons (Fsp3) is 0.464. The number of benzene rings is 2. The van der Waals surface area contributed by atoms with Crippen LogP contribution in [0.25, 0.3) is 11.0 Å². The van der Waals surface area contributed by atoms with Crippen molar-refractivity contribution in [2.24, 2.45) is 5.41 Å². The maximum absolute atomic E-state index is 12.6. The van der Waals surface area contributed by atoms with Crippen LogP contribution in [0.1, 0.15) is 68.9 Å². The maximum Gasteiger partial charge on any atom is 0.414 e. The van der Waals surface area contributed by atoms with Crippen molar-refractivity contribution in [1.29, 1.82) is 0 Å². The Bertz CT molecular complexity index is 1260. The van der Waals surface area contributed by atoms with Crippen molar-refractivity contribution in [3.8, 4) is 0 Å². The monoisotopic (exact) mass is 475 g/mol. The van der Waals surface area contributed by atoms with Gasteiger partial charge in [-0.1, -0.05) is 30.3 Å². The number of anilines is 1. The summed E-state index contributed by atoms with van der Waals surface area (Å²) in [4.78, 5) is 31.3. The van der Waals surface area contributed by atoms with Crippen molar-refractivity contribution in [2.45, 2.75) is 70.9 Å². The second-order valence-electron chi connectivity index (χ2n) is 10.3. The molecule has 7 nitrogen and oxygen atoms in total. The zero-order valence-corrected chi connectivity index (χ0v) is 20.7. The van der Waals surface area contributed by atoms with Crippen LogP contribution in [0.5, 0.6) is 0 Å². The highest BCUT2D eigenvalue weighted by Crippen LogP contribution is 2.44. The van der Waals surface area contributed by atoms with E-state index >= 15 is 0 Å². The number of carboxylic acids is 1. The summed E-state index contributed by atoms with van der Waals surface area (Å²) in [6, 6.07) is 14.7. The van der Waals surface area contributed by atoms with Crippen molar-refractivity contribution in [2.75, 3.05) is 12.0 Å². The second-order valence-corrected chi connectivity index (χ2v) is 10.3. The van der Waals surface area contributed by atoms with Gasteiger partial charge in [-0.3, -0.25) is 9.69 Å². The first-order valence-electron chi connectivity index (χ1n) is 12.5. The highest BCUT2D eigenvalue weighted by molar-refractivity contribution is 5.95. The van der Waals surface area contributed by atoms with E-state index in [0.29, 0.717) is 19.3 Å². The minimum absolute atomic E-state index is 0.0605. The summed E-state index contributed by atoms with van der Waals surface area (Å²) in [7, 11) is 1.42. The van der Waals surface area contributed by atoms with Gasteiger partial charge in [-0.2, -0.15) is 0 Å². The second kappa shape index (κ2) is 9.02. The number of carbonyl (C=O) groups is 2. The number of methoxy groups -OCH3 is 1. The van der Waals surface area contributed by atoms with Crippen molar-refractivity contribution in [3.05, 3.63) is 59.4 Å². The van der Waals surface area contributed by atoms with Crippen LogP contribution in [0, 0.1) is 5.41 Å². The number of carboxylic acid groups (broad SMARTS) is 1. The smallest absolute Gasteiger partial charge is 0.414 e. The normalized spacial score (nSPS) is 24.3. The zero-order valence-electron chi connectivity index (χ0n) is 20.7. The molecule has 5 rings (SSSR count). The topological polar surface area (TPSA) is 84.7 Å². The summed E-state index contributed by atoms with van der Waals surface area (Å²) in [5.74, 6) is 0.286. The molecule has 35 heavy (non-hydrogen) atoms. The molecule has 2 aromatic carbocycles. The van der Waals surface area contributed by atoms with Crippen LogP contribution < -0.4 is 4.90 Å². The summed E-state index contributed by atoms with van der Waals surface area (Å²) >= 11 is 0. The molecule has 184 valence electrons. The Labute approximate surface area is 205 Å². The van der Waals surface area contributed by atoms with Gasteiger partial charge in [0.15, 0.2) is 0 Å². The van der Waals surface area contributed by atoms with Crippen LogP contribution in [0.15, 0.2) is 42.5 Å². The largest absolute Gasteiger partial charge is 0.481 e. The molecule has 0 spiro atoms. The lowest BCUT2D eigenvalue weighted by Gasteiger charge is -2.36. The van der Waals surface area contributed by atoms with Gasteiger partial charge in [0.05, 0.1) is 29.2 Å². The number of rotatable bonds is 4. The van der Waals surface area contributed by atoms with E-state index in [0.717, 1.165) is 53.8 Å². The first-order chi connectivity index (χ1) is 16.8. The van der Waals surface area contributed by atoms with Gasteiger partial charge < -0.3 is 14.4 Å². The fourth-order valence-corrected chi connectivity index (χ4v) is 5.85. The van der Waals surface area contributed by atoms with E-state index in [1.165, 1.54) is 12.7 Å². The van der Waals surface area contributed by atoms with E-state index < -0.39 is 11.4 Å². The molecule has 1 aromatic heterocycles. The molecule has 0 radical (unpaired) electrons. The van der Waals surface area contributed by atoms with Gasteiger partial charge in [-0.25, -0.2) is 9.78 Å². The van der Waals surface area contributed by atoms with Gasteiger partial charge in [0.2, 0.25) is 0 Å². The van der Waals surface area contributed by atoms with Crippen molar-refractivity contribution < 1.29 is 19.4 Å². The number of amides is 1. The molecule has 1 aliphatic carbocycles. The Morgan fingerprint density at radius 1 is 1.11 bits per heavy atom. The zero-order chi connectivity index (χ0) is 24.7. The molecule has 1 atom stereocenters. The Morgan fingerprint density at radius 2 is 1.83 bits per heavy atom. The standard InChI is InChI=1S/C28H33N3O4/c1-18-9-10-21-22(30(18)27(34)35-3)11-12-23-25(21)29-24(17-19-7-5-4-6-8-19)31(23)20-13-15-28(2,16-14-20)26(32)33/h4-8,11-12,18,20H,9-10,13-17H2,1-3H3,(H,32,33)/t18-,20-,28-/m0/s1. The quantitative estimate of drug-likeness (QED) is 0.520. The number of ether oxygens (including phenoxy) is 1. The van der Waals surface area contributed by atoms with Gasteiger partial charge in [0.1, 0.15) is 5.82 Å². The number of imidazole rings is 1. The van der Waals surface area contributed by atoms with Crippen LogP contribution in [-0.2, 0) is 22.4 Å². The lowest BCUT2D eigenvalue weighted by Crippen LogP contribution is -2.42. The molecule has 1 aliphatic heterocycles. The molecule has 2 aliphatic rings. The van der Waals surface area contributed by atoms with Crippen LogP contribution >= 0.6 is 0 Å². The van der Waals surface area contributed by atoms with E-state index in [1.54, 1.807) is 4.90 Å². The number of aromatic nitrogens is 2. The summed E-state index contributed by atoms with van der Waals surface area (Å²) in [5.41, 5.74) is 4.50. The van der Waals surface area contributed by atoms with E-state index in [-0.39, 0.29) is 18.2 Å². The van der Waals surface area contributed by atoms with E-state index in [9.17, 15) is 14.7 Å². The van der Waals surface area contributed by atoms with Crippen LogP contribution in [0.2, 0.25) is 0 Å². The predicted octanol–water partition coefficient (Wildman–Crippen LogP) is 5.74. The van der Waals surface area contributed by atoms with Gasteiger partial charge in [0, 0.05) is 24.1 Å². The maximum atomic E-state index is 12.6. The predicted molar refractivity (Wildman–Crippen MR) is 135 cm³/mol. The number of fused-ring (bicyclic) bond motifs is 3. The highest BCUT2D eigenvalue weighted by atomic mass is 16.5. The average Bonchev–Trinajstić information content (AvgIpc) is 3.22. The van der Waals surface area contributed by atoms with Crippen molar-refractivity contribution in [3.63, 3.8) is 0 Å². The summed E-state index contributed by atoms with van der Waals surface area (Å²) in [5, 5.41) is 9.72. The molecular weight excluding hydrogens is 442 g/mol. The summed E-state index contributed by atoms with van der Waals surface area (Å²) < 4.78 is 7.44. The molecule has 0 bridgehead atoms. The number of aliphatic carboxylic acids is 1. The lowest BCUT2D eigenvalue weighted by atomic mass is 9.74. The first-order valence-corrected chi connectivity index (χ1v) is 12.5. The van der Waals surface area contributed by atoms with Crippen molar-refractivity contribution in [1.82, 2.24) is 9.55 Å². The van der Waals surface area contributed by atoms with Gasteiger partial charge in [-0.05, 0) is 70.1 Å². The van der Waals surface area contributed by atoms with Crippen LogP contribution in [0.4, 0.5) is 10.5 Å². The Morgan fingerprint density at radius 3 is 2.49 bits per heavy atom. The first kappa shape index (κ1) is 23.4. The molecule has 1 amide bonds. The lowest BCUT2D eigenvalue weighted by molar-refractivity contribution is -0.150. The molecule has 1 fully saturated rings. The Balaban J connectivity index is 1.61. The Hall–Kier alpha value is -3.35. The summed E-state index contributed by atoms with van der Waals surface area (Å²) in [6.45, 7) is 3.91. The minimum Gasteiger partial charge on any atom is -0.481 e. The minimum atomic E-state index is -0.706. The molecule has 0 saturated heterocycles. The van der Waals surface area contributed by atoms with Gasteiger partial charge in [-0.15, -0.1) is 0 Å². The SMILES string of the molecule is COC(=O)N1c2ccc3c(nc(Cc4ccccc4)n3[C@H]3CC[C@](C)(C(=O)O)CC3)c2CC[C@@H]1C. The third-order valence-electron chi connectivity index (χ3n) is 8.04. The number of aryl methyl sites for hydroxylation is 1. The summed E-state index contributed by atoms with van der Waals surface area (Å²) in [6.07, 6.45) is 4.96. The number of nitrogens with zero attached hydrogens (tertiary/aromatic N) is 3. The van der Waals surface area contributed by atoms with Crippen LogP contribution in [-0.4, -0.2) is 39.9 Å². The molecule has 1 saturated carbocycles. The number of hydrogen-bond donors (Lipinski definition) is 1. The molecule has 3 aromatic rings. The van der Waals surface area contributed by atoms with E-state index in [2.05, 4.69) is 22.8 Å².